The molecule has 2 atom stereocenters. The topological polar surface area (TPSA) is 91.9 Å². The Hall–Kier alpha value is -1.43. The molecule has 0 fully saturated rings. The van der Waals surface area contributed by atoms with Crippen LogP contribution in [-0.2, 0) is 15.7 Å². The second-order valence-electron chi connectivity index (χ2n) is 4.34. The summed E-state index contributed by atoms with van der Waals surface area (Å²) in [5.74, 6) is -0.483. The second kappa shape index (κ2) is 7.02. The third-order valence-electron chi connectivity index (χ3n) is 3.01. The fraction of sp³-hybridized carbons (Fsp3) is 0.286. The van der Waals surface area contributed by atoms with Gasteiger partial charge in [-0.1, -0.05) is 18.2 Å². The van der Waals surface area contributed by atoms with Crippen LogP contribution in [0.2, 0.25) is 0 Å². The molecule has 0 aliphatic carbocycles. The first kappa shape index (κ1) is 15.9. The van der Waals surface area contributed by atoms with E-state index in [1.54, 1.807) is 49.4 Å². The van der Waals surface area contributed by atoms with Crippen molar-refractivity contribution in [3.8, 4) is 0 Å². The molecule has 0 spiro atoms. The molecule has 7 heteroatoms. The van der Waals surface area contributed by atoms with Crippen molar-refractivity contribution < 1.29 is 23.8 Å². The van der Waals surface area contributed by atoms with Gasteiger partial charge >= 0.3 is 0 Å². The molecule has 2 unspecified atom stereocenters. The highest BCUT2D eigenvalue weighted by Gasteiger charge is 2.39. The van der Waals surface area contributed by atoms with E-state index in [1.165, 1.54) is 0 Å². The Bertz CT molecular complexity index is 613. The van der Waals surface area contributed by atoms with E-state index in [4.69, 9.17) is 14.0 Å². The zero-order valence-corrected chi connectivity index (χ0v) is 12.5. The highest BCUT2D eigenvalue weighted by atomic mass is 31.2. The van der Waals surface area contributed by atoms with Crippen LogP contribution >= 0.6 is 7.37 Å². The van der Waals surface area contributed by atoms with Crippen molar-refractivity contribution in [2.24, 2.45) is 0 Å². The number of hydrogen-bond acceptors (Lipinski definition) is 6. The molecule has 3 N–H and O–H groups in total. The fourth-order valence-corrected chi connectivity index (χ4v) is 4.25. The van der Waals surface area contributed by atoms with E-state index >= 15 is 0 Å². The van der Waals surface area contributed by atoms with Gasteiger partial charge in [0.2, 0.25) is 0 Å². The number of furan rings is 1. The van der Waals surface area contributed by atoms with Gasteiger partial charge in [-0.15, -0.1) is 0 Å². The van der Waals surface area contributed by atoms with Crippen molar-refractivity contribution in [3.63, 3.8) is 0 Å². The van der Waals surface area contributed by atoms with Gasteiger partial charge in [0.15, 0.2) is 5.78 Å². The molecule has 0 saturated carbocycles. The molecule has 2 aromatic rings. The average molecular weight is 311 g/mol. The molecular formula is C14H18NO5P. The number of aliphatic hydroxyl groups excluding tert-OH is 1. The van der Waals surface area contributed by atoms with Crippen LogP contribution in [0.4, 0.5) is 0 Å². The first-order valence-corrected chi connectivity index (χ1v) is 8.24. The standard InChI is InChI=1S/C14H18NO5P/c1-2-19-21(18,12-6-4-3-5-7-12)14(15-17)13-9-8-11(10-16)20-13/h3-9,14-17H,2,10H2,1H3. The van der Waals surface area contributed by atoms with Gasteiger partial charge in [-0.05, 0) is 31.2 Å². The molecule has 114 valence electrons. The van der Waals surface area contributed by atoms with E-state index in [2.05, 4.69) is 0 Å². The molecular weight excluding hydrogens is 293 g/mol. The Balaban J connectivity index is 2.46. The summed E-state index contributed by atoms with van der Waals surface area (Å²) < 4.78 is 24.1. The second-order valence-corrected chi connectivity index (χ2v) is 6.83. The average Bonchev–Trinajstić information content (AvgIpc) is 2.98. The van der Waals surface area contributed by atoms with Crippen molar-refractivity contribution in [1.29, 1.82) is 0 Å². The van der Waals surface area contributed by atoms with Gasteiger partial charge in [-0.2, -0.15) is 5.48 Å². The molecule has 0 amide bonds. The maximum Gasteiger partial charge on any atom is 0.258 e. The van der Waals surface area contributed by atoms with Crippen LogP contribution in [0.3, 0.4) is 0 Å². The monoisotopic (exact) mass is 311 g/mol. The van der Waals surface area contributed by atoms with E-state index in [0.717, 1.165) is 0 Å². The maximum absolute atomic E-state index is 13.3. The van der Waals surface area contributed by atoms with E-state index in [-0.39, 0.29) is 19.0 Å². The highest BCUT2D eigenvalue weighted by Crippen LogP contribution is 2.57. The predicted octanol–water partition coefficient (Wildman–Crippen LogP) is 2.39. The first-order chi connectivity index (χ1) is 10.2. The van der Waals surface area contributed by atoms with Crippen LogP contribution in [0.5, 0.6) is 0 Å². The van der Waals surface area contributed by atoms with Crippen LogP contribution < -0.4 is 10.8 Å². The number of benzene rings is 1. The van der Waals surface area contributed by atoms with Crippen molar-refractivity contribution in [2.45, 2.75) is 19.3 Å². The van der Waals surface area contributed by atoms with E-state index in [0.29, 0.717) is 11.1 Å². The summed E-state index contributed by atoms with van der Waals surface area (Å²) in [5, 5.41) is 19.0. The normalized spacial score (nSPS) is 15.6. The van der Waals surface area contributed by atoms with Crippen LogP contribution in [0, 0.1) is 0 Å². The molecule has 1 aromatic carbocycles. The number of hydrogen-bond donors (Lipinski definition) is 3. The van der Waals surface area contributed by atoms with Crippen molar-refractivity contribution >= 4 is 12.7 Å². The lowest BCUT2D eigenvalue weighted by Crippen LogP contribution is -2.24. The summed E-state index contributed by atoms with van der Waals surface area (Å²) in [6.45, 7) is 1.67. The van der Waals surface area contributed by atoms with Gasteiger partial charge in [0.1, 0.15) is 18.1 Å². The summed E-state index contributed by atoms with van der Waals surface area (Å²) in [7, 11) is -3.44. The molecule has 21 heavy (non-hydrogen) atoms. The Morgan fingerprint density at radius 1 is 1.29 bits per heavy atom. The molecule has 0 aliphatic rings. The van der Waals surface area contributed by atoms with Gasteiger partial charge in [-0.3, -0.25) is 4.57 Å². The summed E-state index contributed by atoms with van der Waals surface area (Å²) >= 11 is 0. The van der Waals surface area contributed by atoms with Crippen molar-refractivity contribution in [3.05, 3.63) is 54.0 Å². The molecule has 1 heterocycles. The van der Waals surface area contributed by atoms with E-state index < -0.39 is 13.2 Å². The van der Waals surface area contributed by atoms with E-state index in [9.17, 15) is 9.77 Å². The molecule has 0 aliphatic heterocycles. The summed E-state index contributed by atoms with van der Waals surface area (Å²) in [4.78, 5) is 0. The number of nitrogens with one attached hydrogen (secondary N) is 1. The third-order valence-corrected chi connectivity index (χ3v) is 5.72. The fourth-order valence-electron chi connectivity index (χ4n) is 2.06. The molecule has 1 aromatic heterocycles. The zero-order chi connectivity index (χ0) is 15.3. The SMILES string of the molecule is CCOP(=O)(c1ccccc1)C(NO)c1ccc(CO)o1. The Morgan fingerprint density at radius 2 is 2.00 bits per heavy atom. The third kappa shape index (κ3) is 3.26. The Morgan fingerprint density at radius 3 is 2.52 bits per heavy atom. The van der Waals surface area contributed by atoms with Gasteiger partial charge in [0.05, 0.1) is 6.61 Å². The van der Waals surface area contributed by atoms with Crippen LogP contribution in [0.1, 0.15) is 24.2 Å². The lowest BCUT2D eigenvalue weighted by molar-refractivity contribution is 0.135. The summed E-state index contributed by atoms with van der Waals surface area (Å²) in [5.41, 5.74) is 2.02. The molecule has 0 bridgehead atoms. The molecule has 0 radical (unpaired) electrons. The summed E-state index contributed by atoms with van der Waals surface area (Å²) in [6, 6.07) is 11.8. The minimum atomic E-state index is -3.44. The largest absolute Gasteiger partial charge is 0.461 e. The molecule has 0 saturated heterocycles. The lowest BCUT2D eigenvalue weighted by Gasteiger charge is -2.24. The minimum absolute atomic E-state index is 0.220. The first-order valence-electron chi connectivity index (χ1n) is 6.54. The lowest BCUT2D eigenvalue weighted by atomic mass is 10.4. The van der Waals surface area contributed by atoms with Gasteiger partial charge in [0.25, 0.3) is 7.37 Å². The number of rotatable bonds is 7. The van der Waals surface area contributed by atoms with Crippen LogP contribution in [0.25, 0.3) is 0 Å². The Labute approximate surface area is 122 Å². The number of aliphatic hydroxyl groups is 1. The number of hydroxylamine groups is 1. The van der Waals surface area contributed by atoms with Gasteiger partial charge < -0.3 is 19.3 Å². The van der Waals surface area contributed by atoms with E-state index in [1.807, 2.05) is 5.48 Å². The minimum Gasteiger partial charge on any atom is -0.461 e. The molecule has 6 nitrogen and oxygen atoms in total. The van der Waals surface area contributed by atoms with Crippen molar-refractivity contribution in [1.82, 2.24) is 5.48 Å². The summed E-state index contributed by atoms with van der Waals surface area (Å²) in [6.07, 6.45) is 0. The smallest absolute Gasteiger partial charge is 0.258 e. The highest BCUT2D eigenvalue weighted by molar-refractivity contribution is 7.67. The zero-order valence-electron chi connectivity index (χ0n) is 11.6. The predicted molar refractivity (Wildman–Crippen MR) is 77.6 cm³/mol. The van der Waals surface area contributed by atoms with Gasteiger partial charge in [0, 0.05) is 5.30 Å². The van der Waals surface area contributed by atoms with Gasteiger partial charge in [-0.25, -0.2) is 0 Å². The van der Waals surface area contributed by atoms with Crippen LogP contribution in [0.15, 0.2) is 46.9 Å². The molecule has 2 rings (SSSR count). The quantitative estimate of drug-likeness (QED) is 0.537. The maximum atomic E-state index is 13.3. The van der Waals surface area contributed by atoms with Crippen molar-refractivity contribution in [2.75, 3.05) is 6.61 Å². The Kier molecular flexibility index (Phi) is 5.33. The van der Waals surface area contributed by atoms with Crippen LogP contribution in [-0.4, -0.2) is 16.9 Å².